The van der Waals surface area contributed by atoms with Crippen LogP contribution in [0.5, 0.6) is 5.75 Å². The molecule has 1 aromatic carbocycles. The number of hydrogen-bond donors (Lipinski definition) is 0. The fourth-order valence-electron chi connectivity index (χ4n) is 3.42. The van der Waals surface area contributed by atoms with Crippen LogP contribution in [0, 0.1) is 0 Å². The smallest absolute Gasteiger partial charge is 0.374 e. The molecule has 0 amide bonds. The average Bonchev–Trinajstić information content (AvgIpc) is 3.54. The first-order valence-corrected chi connectivity index (χ1v) is 11.2. The van der Waals surface area contributed by atoms with Gasteiger partial charge in [-0.3, -0.25) is 9.88 Å². The molecule has 0 spiro atoms. The standard InChI is InChI=1S/C20H17ClF4N2O3S/c21-19-13(2-1-3-18(19)30-31(28,29)20(23,24)25)8-16(22)17-9-12-6-7-27(15-4-5-15)11-14(12)10-26-17/h1-3,8-10,15H,4-7,11H2. The molecule has 1 aliphatic carbocycles. The Labute approximate surface area is 181 Å². The fourth-order valence-corrected chi connectivity index (χ4v) is 4.16. The molecule has 2 aromatic rings. The number of nitrogens with zero attached hydrogens (tertiary/aromatic N) is 2. The van der Waals surface area contributed by atoms with Gasteiger partial charge in [0.15, 0.2) is 5.75 Å². The van der Waals surface area contributed by atoms with Crippen molar-refractivity contribution in [1.29, 1.82) is 0 Å². The summed E-state index contributed by atoms with van der Waals surface area (Å²) in [6.45, 7) is 1.67. The summed E-state index contributed by atoms with van der Waals surface area (Å²) in [5.41, 5.74) is -3.57. The molecule has 2 aliphatic rings. The molecule has 0 atom stereocenters. The van der Waals surface area contributed by atoms with Crippen LogP contribution in [-0.2, 0) is 23.1 Å². The zero-order valence-electron chi connectivity index (χ0n) is 16.0. The number of fused-ring (bicyclic) bond motifs is 1. The summed E-state index contributed by atoms with van der Waals surface area (Å²) < 4.78 is 79.0. The molecular weight excluding hydrogens is 460 g/mol. The van der Waals surface area contributed by atoms with E-state index in [4.69, 9.17) is 11.6 Å². The number of alkyl halides is 3. The van der Waals surface area contributed by atoms with E-state index in [2.05, 4.69) is 14.1 Å². The lowest BCUT2D eigenvalue weighted by Crippen LogP contribution is -2.32. The Morgan fingerprint density at radius 1 is 1.26 bits per heavy atom. The van der Waals surface area contributed by atoms with Crippen molar-refractivity contribution in [2.75, 3.05) is 6.54 Å². The second-order valence-corrected chi connectivity index (χ2v) is 9.34. The number of halogens is 5. The molecule has 0 N–H and O–H groups in total. The van der Waals surface area contributed by atoms with Crippen LogP contribution in [0.3, 0.4) is 0 Å². The summed E-state index contributed by atoms with van der Waals surface area (Å²) in [6, 6.07) is 5.75. The second-order valence-electron chi connectivity index (χ2n) is 7.42. The van der Waals surface area contributed by atoms with Gasteiger partial charge in [0.2, 0.25) is 0 Å². The normalized spacial score (nSPS) is 18.0. The lowest BCUT2D eigenvalue weighted by atomic mass is 10.0. The Kier molecular flexibility index (Phi) is 5.74. The third-order valence-corrected chi connectivity index (χ3v) is 6.56. The number of rotatable bonds is 5. The van der Waals surface area contributed by atoms with E-state index >= 15 is 0 Å². The lowest BCUT2D eigenvalue weighted by molar-refractivity contribution is -0.0500. The minimum atomic E-state index is -5.90. The molecule has 5 nitrogen and oxygen atoms in total. The van der Waals surface area contributed by atoms with Gasteiger partial charge in [0, 0.05) is 25.3 Å². The molecule has 1 saturated carbocycles. The molecular formula is C20H17ClF4N2O3S. The Bertz CT molecular complexity index is 1150. The maximum absolute atomic E-state index is 14.8. The maximum Gasteiger partial charge on any atom is 0.534 e. The Morgan fingerprint density at radius 3 is 2.68 bits per heavy atom. The predicted molar refractivity (Wildman–Crippen MR) is 107 cm³/mol. The van der Waals surface area contributed by atoms with E-state index in [-0.39, 0.29) is 11.3 Å². The molecule has 11 heteroatoms. The number of hydrogen-bond acceptors (Lipinski definition) is 5. The third-order valence-electron chi connectivity index (χ3n) is 5.19. The third kappa shape index (κ3) is 4.70. The monoisotopic (exact) mass is 476 g/mol. The topological polar surface area (TPSA) is 59.5 Å². The highest BCUT2D eigenvalue weighted by Gasteiger charge is 2.48. The van der Waals surface area contributed by atoms with Gasteiger partial charge in [-0.15, -0.1) is 0 Å². The molecule has 1 aromatic heterocycles. The van der Waals surface area contributed by atoms with Gasteiger partial charge in [0.1, 0.15) is 5.83 Å². The highest BCUT2D eigenvalue weighted by molar-refractivity contribution is 7.88. The van der Waals surface area contributed by atoms with Crippen LogP contribution in [0.4, 0.5) is 17.6 Å². The van der Waals surface area contributed by atoms with Gasteiger partial charge in [0.05, 0.1) is 10.7 Å². The lowest BCUT2D eigenvalue weighted by Gasteiger charge is -2.28. The van der Waals surface area contributed by atoms with Crippen molar-refractivity contribution >= 4 is 33.6 Å². The zero-order valence-corrected chi connectivity index (χ0v) is 17.6. The molecule has 1 fully saturated rings. The van der Waals surface area contributed by atoms with Crippen molar-refractivity contribution in [2.24, 2.45) is 0 Å². The van der Waals surface area contributed by atoms with Crippen LogP contribution < -0.4 is 4.18 Å². The van der Waals surface area contributed by atoms with E-state index in [0.29, 0.717) is 6.04 Å². The van der Waals surface area contributed by atoms with E-state index in [1.807, 2.05) is 0 Å². The molecule has 0 bridgehead atoms. The van der Waals surface area contributed by atoms with Crippen LogP contribution in [-0.4, -0.2) is 36.4 Å². The zero-order chi connectivity index (χ0) is 22.4. The SMILES string of the molecule is O=S(=O)(Oc1cccc(C=C(F)c2cc3c(cn2)CN(C2CC2)CC3)c1Cl)C(F)(F)F. The molecule has 0 radical (unpaired) electrons. The van der Waals surface area contributed by atoms with Crippen molar-refractivity contribution in [2.45, 2.75) is 37.4 Å². The summed E-state index contributed by atoms with van der Waals surface area (Å²) in [5.74, 6) is -1.51. The first kappa shape index (κ1) is 22.0. The molecule has 31 heavy (non-hydrogen) atoms. The molecule has 166 valence electrons. The maximum atomic E-state index is 14.8. The highest BCUT2D eigenvalue weighted by atomic mass is 35.5. The predicted octanol–water partition coefficient (Wildman–Crippen LogP) is 4.95. The molecule has 1 aliphatic heterocycles. The minimum Gasteiger partial charge on any atom is -0.374 e. The summed E-state index contributed by atoms with van der Waals surface area (Å²) >= 11 is 5.97. The molecule has 2 heterocycles. The molecule has 0 saturated heterocycles. The average molecular weight is 477 g/mol. The van der Waals surface area contributed by atoms with Crippen molar-refractivity contribution in [1.82, 2.24) is 9.88 Å². The quantitative estimate of drug-likeness (QED) is 0.347. The first-order valence-electron chi connectivity index (χ1n) is 9.44. The summed E-state index contributed by atoms with van der Waals surface area (Å²) in [7, 11) is -5.90. The summed E-state index contributed by atoms with van der Waals surface area (Å²) in [6.07, 6.45) is 5.78. The van der Waals surface area contributed by atoms with Gasteiger partial charge in [-0.25, -0.2) is 4.39 Å². The number of benzene rings is 1. The van der Waals surface area contributed by atoms with Gasteiger partial charge >= 0.3 is 15.6 Å². The van der Waals surface area contributed by atoms with E-state index in [1.54, 1.807) is 12.3 Å². The van der Waals surface area contributed by atoms with Crippen molar-refractivity contribution in [3.8, 4) is 5.75 Å². The van der Waals surface area contributed by atoms with Gasteiger partial charge < -0.3 is 4.18 Å². The Morgan fingerprint density at radius 2 is 2.00 bits per heavy atom. The second kappa shape index (κ2) is 8.07. The number of aromatic nitrogens is 1. The van der Waals surface area contributed by atoms with Gasteiger partial charge in [0.25, 0.3) is 0 Å². The van der Waals surface area contributed by atoms with Gasteiger partial charge in [-0.1, -0.05) is 23.7 Å². The molecule has 4 rings (SSSR count). The van der Waals surface area contributed by atoms with E-state index in [1.165, 1.54) is 25.0 Å². The van der Waals surface area contributed by atoms with Crippen molar-refractivity contribution < 1.29 is 30.2 Å². The van der Waals surface area contributed by atoms with Crippen molar-refractivity contribution in [3.05, 3.63) is 57.9 Å². The largest absolute Gasteiger partial charge is 0.534 e. The Hall–Kier alpha value is -2.17. The van der Waals surface area contributed by atoms with Crippen LogP contribution in [0.2, 0.25) is 5.02 Å². The van der Waals surface area contributed by atoms with Gasteiger partial charge in [-0.05, 0) is 54.2 Å². The van der Waals surface area contributed by atoms with Crippen LogP contribution in [0.1, 0.15) is 35.2 Å². The molecule has 0 unspecified atom stereocenters. The summed E-state index contributed by atoms with van der Waals surface area (Å²) in [4.78, 5) is 6.54. The van der Waals surface area contributed by atoms with Crippen LogP contribution in [0.25, 0.3) is 11.9 Å². The van der Waals surface area contributed by atoms with E-state index < -0.39 is 32.2 Å². The Balaban J connectivity index is 1.58. The fraction of sp³-hybridized carbons (Fsp3) is 0.350. The minimum absolute atomic E-state index is 0.0477. The van der Waals surface area contributed by atoms with E-state index in [0.717, 1.165) is 42.8 Å². The van der Waals surface area contributed by atoms with Crippen LogP contribution >= 0.6 is 11.6 Å². The van der Waals surface area contributed by atoms with E-state index in [9.17, 15) is 26.0 Å². The van der Waals surface area contributed by atoms with Crippen LogP contribution in [0.15, 0.2) is 30.5 Å². The highest BCUT2D eigenvalue weighted by Crippen LogP contribution is 2.36. The first-order chi connectivity index (χ1) is 14.5. The van der Waals surface area contributed by atoms with Crippen molar-refractivity contribution in [3.63, 3.8) is 0 Å². The summed E-state index contributed by atoms with van der Waals surface area (Å²) in [5, 5.41) is -0.469. The van der Waals surface area contributed by atoms with Gasteiger partial charge in [-0.2, -0.15) is 21.6 Å². The number of pyridine rings is 1.